The van der Waals surface area contributed by atoms with Crippen LogP contribution in [0.1, 0.15) is 16.9 Å². The Morgan fingerprint density at radius 3 is 3.06 bits per heavy atom. The minimum Gasteiger partial charge on any atom is -0.364 e. The molecule has 16 heavy (non-hydrogen) atoms. The fourth-order valence-electron chi connectivity index (χ4n) is 1.94. The van der Waals surface area contributed by atoms with Crippen LogP contribution >= 0.6 is 0 Å². The van der Waals surface area contributed by atoms with Gasteiger partial charge in [-0.3, -0.25) is 4.79 Å². The minimum atomic E-state index is -0.480. The number of nitrogens with zero attached hydrogens (tertiary/aromatic N) is 2. The van der Waals surface area contributed by atoms with E-state index in [0.717, 1.165) is 25.3 Å². The lowest BCUT2D eigenvalue weighted by molar-refractivity contribution is 0.0995. The fraction of sp³-hybridized carbons (Fsp3) is 0.455. The highest BCUT2D eigenvalue weighted by molar-refractivity contribution is 5.91. The highest BCUT2D eigenvalue weighted by Gasteiger charge is 2.22. The maximum atomic E-state index is 11.0. The molecule has 3 N–H and O–H groups in total. The Kier molecular flexibility index (Phi) is 3.05. The average molecular weight is 220 g/mol. The number of primary amides is 1. The fourth-order valence-corrected chi connectivity index (χ4v) is 1.94. The molecule has 0 radical (unpaired) electrons. The second-order valence-electron chi connectivity index (χ2n) is 3.97. The molecule has 1 aromatic rings. The van der Waals surface area contributed by atoms with Crippen molar-refractivity contribution in [2.75, 3.05) is 25.0 Å². The van der Waals surface area contributed by atoms with Crippen LogP contribution in [0.15, 0.2) is 18.2 Å². The van der Waals surface area contributed by atoms with Gasteiger partial charge in [-0.15, -0.1) is 0 Å². The predicted molar refractivity (Wildman–Crippen MR) is 62.4 cm³/mol. The summed E-state index contributed by atoms with van der Waals surface area (Å²) in [7, 11) is 1.96. The summed E-state index contributed by atoms with van der Waals surface area (Å²) in [6.45, 7) is 1.88. The number of pyridine rings is 1. The van der Waals surface area contributed by atoms with Crippen LogP contribution in [0.3, 0.4) is 0 Å². The number of nitrogens with two attached hydrogens (primary N) is 1. The van der Waals surface area contributed by atoms with Crippen LogP contribution < -0.4 is 16.0 Å². The smallest absolute Gasteiger partial charge is 0.267 e. The Morgan fingerprint density at radius 1 is 1.62 bits per heavy atom. The summed E-state index contributed by atoms with van der Waals surface area (Å²) in [6, 6.07) is 5.86. The summed E-state index contributed by atoms with van der Waals surface area (Å²) in [4.78, 5) is 17.4. The number of hydrogen-bond acceptors (Lipinski definition) is 4. The number of aromatic nitrogens is 1. The number of nitrogens with one attached hydrogen (secondary N) is 1. The Bertz CT molecular complexity index is 393. The van der Waals surface area contributed by atoms with Gasteiger partial charge in [0.15, 0.2) is 0 Å². The molecule has 0 aromatic carbocycles. The molecular formula is C11H16N4O. The normalized spacial score (nSPS) is 20.1. The van der Waals surface area contributed by atoms with Crippen LogP contribution in [0, 0.1) is 0 Å². The van der Waals surface area contributed by atoms with Crippen LogP contribution in [-0.2, 0) is 0 Å². The molecule has 2 rings (SSSR count). The molecule has 0 saturated carbocycles. The molecule has 1 fully saturated rings. The van der Waals surface area contributed by atoms with Crippen LogP contribution in [0.25, 0.3) is 0 Å². The summed E-state index contributed by atoms with van der Waals surface area (Å²) >= 11 is 0. The molecule has 1 aromatic heterocycles. The molecule has 86 valence electrons. The summed E-state index contributed by atoms with van der Waals surface area (Å²) in [5.41, 5.74) is 5.53. The van der Waals surface area contributed by atoms with Crippen molar-refractivity contribution in [2.24, 2.45) is 5.73 Å². The van der Waals surface area contributed by atoms with Crippen molar-refractivity contribution in [2.45, 2.75) is 12.5 Å². The van der Waals surface area contributed by atoms with Crippen LogP contribution in [0.5, 0.6) is 0 Å². The molecule has 5 nitrogen and oxygen atoms in total. The van der Waals surface area contributed by atoms with Gasteiger partial charge >= 0.3 is 0 Å². The van der Waals surface area contributed by atoms with Crippen molar-refractivity contribution in [1.29, 1.82) is 0 Å². The minimum absolute atomic E-state index is 0.324. The van der Waals surface area contributed by atoms with Gasteiger partial charge in [0.2, 0.25) is 0 Å². The molecule has 0 spiro atoms. The Labute approximate surface area is 94.6 Å². The van der Waals surface area contributed by atoms with Crippen molar-refractivity contribution in [1.82, 2.24) is 10.3 Å². The number of rotatable bonds is 3. The average Bonchev–Trinajstić information content (AvgIpc) is 2.77. The Hall–Kier alpha value is -1.62. The topological polar surface area (TPSA) is 71.2 Å². The monoisotopic (exact) mass is 220 g/mol. The van der Waals surface area contributed by atoms with Crippen molar-refractivity contribution < 1.29 is 4.79 Å². The van der Waals surface area contributed by atoms with Gasteiger partial charge in [0, 0.05) is 19.1 Å². The molecule has 5 heteroatoms. The SMILES string of the molecule is CNC1CCN(c2cccc(C(N)=O)n2)C1. The molecule has 0 aliphatic carbocycles. The number of carbonyl (C=O) groups is 1. The van der Waals surface area contributed by atoms with Gasteiger partial charge < -0.3 is 16.0 Å². The lowest BCUT2D eigenvalue weighted by atomic mass is 10.3. The van der Waals surface area contributed by atoms with E-state index in [1.165, 1.54) is 0 Å². The van der Waals surface area contributed by atoms with Gasteiger partial charge in [-0.1, -0.05) is 6.07 Å². The highest BCUT2D eigenvalue weighted by atomic mass is 16.1. The summed E-state index contributed by atoms with van der Waals surface area (Å²) in [5, 5.41) is 3.24. The number of carbonyl (C=O) groups excluding carboxylic acids is 1. The third-order valence-corrected chi connectivity index (χ3v) is 2.91. The van der Waals surface area contributed by atoms with E-state index in [0.29, 0.717) is 11.7 Å². The zero-order valence-electron chi connectivity index (χ0n) is 9.31. The first kappa shape index (κ1) is 10.9. The first-order valence-electron chi connectivity index (χ1n) is 5.40. The standard InChI is InChI=1S/C11H16N4O/c1-13-8-5-6-15(7-8)10-4-2-3-9(14-10)11(12)16/h2-4,8,13H,5-7H2,1H3,(H2,12,16). The quantitative estimate of drug-likeness (QED) is 0.751. The number of anilines is 1. The van der Waals surface area contributed by atoms with E-state index >= 15 is 0 Å². The van der Waals surface area contributed by atoms with Crippen LogP contribution in [-0.4, -0.2) is 37.1 Å². The predicted octanol–water partition coefficient (Wildman–Crippen LogP) is -0.0214. The number of amides is 1. The summed E-state index contributed by atoms with van der Waals surface area (Å²) in [6.07, 6.45) is 1.10. The van der Waals surface area contributed by atoms with Gasteiger partial charge in [0.1, 0.15) is 11.5 Å². The first-order valence-corrected chi connectivity index (χ1v) is 5.40. The molecular weight excluding hydrogens is 204 g/mol. The lowest BCUT2D eigenvalue weighted by Crippen LogP contribution is -2.30. The molecule has 1 unspecified atom stereocenters. The van der Waals surface area contributed by atoms with Crippen molar-refractivity contribution in [3.8, 4) is 0 Å². The van der Waals surface area contributed by atoms with E-state index in [-0.39, 0.29) is 0 Å². The summed E-state index contributed by atoms with van der Waals surface area (Å²) in [5.74, 6) is 0.347. The molecule has 0 bridgehead atoms. The van der Waals surface area contributed by atoms with Crippen molar-refractivity contribution in [3.05, 3.63) is 23.9 Å². The van der Waals surface area contributed by atoms with E-state index in [1.54, 1.807) is 6.07 Å². The highest BCUT2D eigenvalue weighted by Crippen LogP contribution is 2.18. The largest absolute Gasteiger partial charge is 0.364 e. The second kappa shape index (κ2) is 4.49. The van der Waals surface area contributed by atoms with Crippen LogP contribution in [0.4, 0.5) is 5.82 Å². The third kappa shape index (κ3) is 2.14. The van der Waals surface area contributed by atoms with Gasteiger partial charge in [-0.2, -0.15) is 0 Å². The maximum Gasteiger partial charge on any atom is 0.267 e. The number of hydrogen-bond donors (Lipinski definition) is 2. The van der Waals surface area contributed by atoms with Crippen molar-refractivity contribution >= 4 is 11.7 Å². The molecule has 1 amide bonds. The van der Waals surface area contributed by atoms with E-state index in [4.69, 9.17) is 5.73 Å². The van der Waals surface area contributed by atoms with E-state index in [9.17, 15) is 4.79 Å². The van der Waals surface area contributed by atoms with Crippen LogP contribution in [0.2, 0.25) is 0 Å². The van der Waals surface area contributed by atoms with E-state index < -0.39 is 5.91 Å². The number of likely N-dealkylation sites (N-methyl/N-ethyl adjacent to an activating group) is 1. The molecule has 1 aliphatic rings. The second-order valence-corrected chi connectivity index (χ2v) is 3.97. The summed E-state index contributed by atoms with van der Waals surface area (Å²) < 4.78 is 0. The van der Waals surface area contributed by atoms with Gasteiger partial charge in [0.25, 0.3) is 5.91 Å². The van der Waals surface area contributed by atoms with Gasteiger partial charge in [0.05, 0.1) is 0 Å². The van der Waals surface area contributed by atoms with Gasteiger partial charge in [-0.25, -0.2) is 4.98 Å². The van der Waals surface area contributed by atoms with E-state index in [2.05, 4.69) is 15.2 Å². The lowest BCUT2D eigenvalue weighted by Gasteiger charge is -2.17. The third-order valence-electron chi connectivity index (χ3n) is 2.91. The van der Waals surface area contributed by atoms with Crippen molar-refractivity contribution in [3.63, 3.8) is 0 Å². The van der Waals surface area contributed by atoms with E-state index in [1.807, 2.05) is 19.2 Å². The first-order chi connectivity index (χ1) is 7.70. The molecule has 1 aliphatic heterocycles. The molecule has 2 heterocycles. The maximum absolute atomic E-state index is 11.0. The zero-order valence-corrected chi connectivity index (χ0v) is 9.31. The Morgan fingerprint density at radius 2 is 2.44 bits per heavy atom. The van der Waals surface area contributed by atoms with Gasteiger partial charge in [-0.05, 0) is 25.6 Å². The Balaban J connectivity index is 2.15. The molecule has 1 atom stereocenters. The zero-order chi connectivity index (χ0) is 11.5. The molecule has 1 saturated heterocycles.